The number of nitrogens with one attached hydrogen (secondary N) is 1. The number of aliphatic hydroxyl groups is 1. The average molecular weight is 347 g/mol. The Labute approximate surface area is 137 Å². The van der Waals surface area contributed by atoms with Gasteiger partial charge in [-0.3, -0.25) is 0 Å². The van der Waals surface area contributed by atoms with E-state index < -0.39 is 23.5 Å². The van der Waals surface area contributed by atoms with Gasteiger partial charge in [-0.1, -0.05) is 0 Å². The average Bonchev–Trinajstić information content (AvgIpc) is 2.49. The van der Waals surface area contributed by atoms with Crippen LogP contribution in [0.3, 0.4) is 0 Å². The fourth-order valence-corrected chi connectivity index (χ4v) is 2.58. The van der Waals surface area contributed by atoms with E-state index in [-0.39, 0.29) is 17.9 Å². The number of rotatable bonds is 3. The predicted octanol–water partition coefficient (Wildman–Crippen LogP) is 2.41. The molecule has 24 heavy (non-hydrogen) atoms. The molecule has 1 aliphatic heterocycles. The summed E-state index contributed by atoms with van der Waals surface area (Å²) in [6.07, 6.45) is -2.77. The molecule has 0 atom stereocenters. The van der Waals surface area contributed by atoms with Gasteiger partial charge in [-0.2, -0.15) is 13.2 Å². The van der Waals surface area contributed by atoms with Gasteiger partial charge < -0.3 is 20.1 Å². The van der Waals surface area contributed by atoms with E-state index in [0.29, 0.717) is 25.9 Å². The Morgan fingerprint density at radius 2 is 2.08 bits per heavy atom. The molecule has 0 radical (unpaired) electrons. The minimum atomic E-state index is -4.52. The van der Waals surface area contributed by atoms with Crippen molar-refractivity contribution in [2.75, 3.05) is 32.1 Å². The Kier molecular flexibility index (Phi) is 5.34. The molecule has 2 rings (SSSR count). The highest BCUT2D eigenvalue weighted by molar-refractivity contribution is 5.90. The first-order valence-electron chi connectivity index (χ1n) is 7.46. The summed E-state index contributed by atoms with van der Waals surface area (Å²) in [5.41, 5.74) is -1.44. The fourth-order valence-electron chi connectivity index (χ4n) is 2.58. The van der Waals surface area contributed by atoms with Crippen molar-refractivity contribution in [3.8, 4) is 0 Å². The van der Waals surface area contributed by atoms with Gasteiger partial charge in [-0.05, 0) is 31.4 Å². The Morgan fingerprint density at radius 3 is 2.58 bits per heavy atom. The number of piperidine rings is 1. The van der Waals surface area contributed by atoms with E-state index in [1.165, 1.54) is 18.9 Å². The molecule has 0 aromatic carbocycles. The number of hydrogen-bond acceptors (Lipinski definition) is 4. The summed E-state index contributed by atoms with van der Waals surface area (Å²) in [6.45, 7) is 2.34. The Bertz CT molecular complexity index is 599. The highest BCUT2D eigenvalue weighted by Gasteiger charge is 2.35. The lowest BCUT2D eigenvalue weighted by Gasteiger charge is -2.37. The van der Waals surface area contributed by atoms with E-state index >= 15 is 0 Å². The largest absolute Gasteiger partial charge is 0.433 e. The second-order valence-electron chi connectivity index (χ2n) is 5.96. The van der Waals surface area contributed by atoms with E-state index in [0.717, 1.165) is 12.3 Å². The van der Waals surface area contributed by atoms with Gasteiger partial charge in [-0.25, -0.2) is 9.78 Å². The zero-order chi connectivity index (χ0) is 18.0. The summed E-state index contributed by atoms with van der Waals surface area (Å²) in [7, 11) is 1.50. The van der Waals surface area contributed by atoms with E-state index in [4.69, 9.17) is 4.74 Å². The van der Waals surface area contributed by atoms with Crippen LogP contribution in [0.4, 0.5) is 23.7 Å². The first-order chi connectivity index (χ1) is 11.1. The van der Waals surface area contributed by atoms with Crippen LogP contribution >= 0.6 is 0 Å². The zero-order valence-electron chi connectivity index (χ0n) is 13.5. The topological polar surface area (TPSA) is 74.7 Å². The highest BCUT2D eigenvalue weighted by atomic mass is 19.4. The smallest absolute Gasteiger partial charge is 0.387 e. The number of carbonyl (C=O) groups is 1. The molecule has 134 valence electrons. The number of alkyl halides is 3. The second-order valence-corrected chi connectivity index (χ2v) is 5.96. The van der Waals surface area contributed by atoms with Crippen molar-refractivity contribution in [3.05, 3.63) is 23.5 Å². The van der Waals surface area contributed by atoms with Crippen LogP contribution in [-0.4, -0.2) is 53.4 Å². The minimum absolute atomic E-state index is 0.199. The molecule has 0 aliphatic carbocycles. The van der Waals surface area contributed by atoms with E-state index in [2.05, 4.69) is 10.3 Å². The number of hydrogen-bond donors (Lipinski definition) is 2. The summed E-state index contributed by atoms with van der Waals surface area (Å²) in [6, 6.07) is 0.461. The normalized spacial score (nSPS) is 17.7. The maximum Gasteiger partial charge on any atom is 0.433 e. The number of pyridine rings is 1. The maximum absolute atomic E-state index is 12.6. The molecule has 9 heteroatoms. The molecule has 2 heterocycles. The third-order valence-corrected chi connectivity index (χ3v) is 4.04. The van der Waals surface area contributed by atoms with Crippen LogP contribution in [0.1, 0.15) is 24.1 Å². The van der Waals surface area contributed by atoms with Crippen LogP contribution in [0.25, 0.3) is 0 Å². The predicted molar refractivity (Wildman–Crippen MR) is 80.6 cm³/mol. The van der Waals surface area contributed by atoms with Gasteiger partial charge in [-0.15, -0.1) is 0 Å². The Morgan fingerprint density at radius 1 is 1.46 bits per heavy atom. The monoisotopic (exact) mass is 347 g/mol. The molecule has 0 spiro atoms. The molecule has 2 amide bonds. The number of halogens is 3. The number of likely N-dealkylation sites (tertiary alicyclic amines) is 1. The fraction of sp³-hybridized carbons (Fsp3) is 0.600. The van der Waals surface area contributed by atoms with Crippen molar-refractivity contribution in [2.24, 2.45) is 0 Å². The van der Waals surface area contributed by atoms with E-state index in [9.17, 15) is 23.1 Å². The van der Waals surface area contributed by atoms with Crippen molar-refractivity contribution >= 4 is 11.7 Å². The molecule has 1 aromatic heterocycles. The molecule has 2 N–H and O–H groups in total. The van der Waals surface area contributed by atoms with Gasteiger partial charge in [0.05, 0.1) is 24.1 Å². The van der Waals surface area contributed by atoms with Crippen molar-refractivity contribution < 1.29 is 27.8 Å². The summed E-state index contributed by atoms with van der Waals surface area (Å²) >= 11 is 0. The van der Waals surface area contributed by atoms with Gasteiger partial charge in [0.25, 0.3) is 0 Å². The molecule has 0 saturated carbocycles. The van der Waals surface area contributed by atoms with Crippen LogP contribution < -0.4 is 5.32 Å². The number of anilines is 1. The second kappa shape index (κ2) is 6.94. The molecule has 1 fully saturated rings. The summed E-state index contributed by atoms with van der Waals surface area (Å²) in [5, 5.41) is 12.8. The van der Waals surface area contributed by atoms with Crippen molar-refractivity contribution in [1.29, 1.82) is 0 Å². The van der Waals surface area contributed by atoms with Crippen LogP contribution in [0.15, 0.2) is 12.3 Å². The number of ether oxygens (including phenoxy) is 1. The number of aromatic nitrogens is 1. The Balaban J connectivity index is 1.98. The summed E-state index contributed by atoms with van der Waals surface area (Å²) in [4.78, 5) is 17.1. The van der Waals surface area contributed by atoms with Crippen molar-refractivity contribution in [3.63, 3.8) is 0 Å². The number of urea groups is 1. The number of carbonyl (C=O) groups excluding carboxylic acids is 1. The number of amides is 2. The molecule has 1 saturated heterocycles. The first kappa shape index (κ1) is 18.5. The van der Waals surface area contributed by atoms with Crippen LogP contribution in [-0.2, 0) is 10.9 Å². The summed E-state index contributed by atoms with van der Waals surface area (Å²) in [5.74, 6) is 0. The quantitative estimate of drug-likeness (QED) is 0.881. The standard InChI is InChI=1S/C15H20F3N3O3/c1-10-7-12(15(16,17)18)19-8-11(10)20-13(22)21-5-3-14(23,4-6-21)9-24-2/h7-8,23H,3-6,9H2,1-2H3,(H,20,22). The van der Waals surface area contributed by atoms with Crippen molar-refractivity contribution in [2.45, 2.75) is 31.5 Å². The summed E-state index contributed by atoms with van der Waals surface area (Å²) < 4.78 is 42.8. The van der Waals surface area contributed by atoms with E-state index in [1.54, 1.807) is 0 Å². The first-order valence-corrected chi connectivity index (χ1v) is 7.46. The minimum Gasteiger partial charge on any atom is -0.387 e. The highest BCUT2D eigenvalue weighted by Crippen LogP contribution is 2.30. The number of aryl methyl sites for hydroxylation is 1. The van der Waals surface area contributed by atoms with Gasteiger partial charge in [0.1, 0.15) is 5.69 Å². The van der Waals surface area contributed by atoms with Crippen LogP contribution in [0, 0.1) is 6.92 Å². The molecule has 6 nitrogen and oxygen atoms in total. The van der Waals surface area contributed by atoms with Crippen molar-refractivity contribution in [1.82, 2.24) is 9.88 Å². The zero-order valence-corrected chi connectivity index (χ0v) is 13.5. The SMILES string of the molecule is COCC1(O)CCN(C(=O)Nc2cnc(C(F)(F)F)cc2C)CC1. The molecular weight excluding hydrogens is 327 g/mol. The number of methoxy groups -OCH3 is 1. The molecule has 0 unspecified atom stereocenters. The Hall–Kier alpha value is -1.87. The lowest BCUT2D eigenvalue weighted by atomic mass is 9.92. The van der Waals surface area contributed by atoms with Gasteiger partial charge in [0.15, 0.2) is 0 Å². The molecule has 1 aromatic rings. The lowest BCUT2D eigenvalue weighted by molar-refractivity contribution is -0.141. The molecular formula is C15H20F3N3O3. The maximum atomic E-state index is 12.6. The molecule has 1 aliphatic rings. The third-order valence-electron chi connectivity index (χ3n) is 4.04. The van der Waals surface area contributed by atoms with Gasteiger partial charge in [0, 0.05) is 20.2 Å². The van der Waals surface area contributed by atoms with Crippen LogP contribution in [0.2, 0.25) is 0 Å². The van der Waals surface area contributed by atoms with Gasteiger partial charge in [0.2, 0.25) is 0 Å². The van der Waals surface area contributed by atoms with Gasteiger partial charge >= 0.3 is 12.2 Å². The third kappa shape index (κ3) is 4.35. The van der Waals surface area contributed by atoms with Crippen LogP contribution in [0.5, 0.6) is 0 Å². The molecule has 0 bridgehead atoms. The number of nitrogens with zero attached hydrogens (tertiary/aromatic N) is 2. The van der Waals surface area contributed by atoms with E-state index in [1.807, 2.05) is 0 Å². The lowest BCUT2D eigenvalue weighted by Crippen LogP contribution is -2.50.